The van der Waals surface area contributed by atoms with E-state index in [4.69, 9.17) is 13.8 Å². The van der Waals surface area contributed by atoms with Crippen molar-refractivity contribution in [2.45, 2.75) is 122 Å². The van der Waals surface area contributed by atoms with Gasteiger partial charge in [0.2, 0.25) is 0 Å². The number of carbonyl (C=O) groups excluding carboxylic acids is 1. The maximum Gasteiger partial charge on any atom is 0.407 e. The number of nitrogens with zero attached hydrogens (tertiary/aromatic N) is 1. The molecule has 0 radical (unpaired) electrons. The number of phosphoric acid groups is 1. The molecular weight excluding hydrogens is 479 g/mol. The third kappa shape index (κ3) is 25.0. The minimum Gasteiger partial charge on any atom is -0.756 e. The van der Waals surface area contributed by atoms with Crippen molar-refractivity contribution in [3.05, 3.63) is 0 Å². The molecule has 0 spiro atoms. The first-order valence-electron chi connectivity index (χ1n) is 14.4. The molecule has 0 aromatic heterocycles. The second-order valence-corrected chi connectivity index (χ2v) is 12.4. The number of ether oxygens (including phenoxy) is 1. The van der Waals surface area contributed by atoms with Crippen molar-refractivity contribution in [2.75, 3.05) is 47.9 Å². The van der Waals surface area contributed by atoms with Gasteiger partial charge in [-0.05, 0) is 12.8 Å². The van der Waals surface area contributed by atoms with Crippen LogP contribution in [0, 0.1) is 0 Å². The second-order valence-electron chi connectivity index (χ2n) is 11.0. The van der Waals surface area contributed by atoms with E-state index in [1.165, 1.54) is 90.5 Å². The van der Waals surface area contributed by atoms with E-state index in [2.05, 4.69) is 12.2 Å². The van der Waals surface area contributed by atoms with Crippen LogP contribution in [0.25, 0.3) is 0 Å². The minimum absolute atomic E-state index is 0.0460. The zero-order chi connectivity index (χ0) is 27.1. The molecule has 1 N–H and O–H groups in total. The molecule has 0 rings (SSSR count). The molecule has 0 aliphatic carbocycles. The van der Waals surface area contributed by atoms with E-state index in [0.717, 1.165) is 19.3 Å². The van der Waals surface area contributed by atoms with Gasteiger partial charge in [0.15, 0.2) is 0 Å². The molecule has 8 nitrogen and oxygen atoms in total. The van der Waals surface area contributed by atoms with Gasteiger partial charge in [-0.3, -0.25) is 4.57 Å². The highest BCUT2D eigenvalue weighted by molar-refractivity contribution is 7.45. The summed E-state index contributed by atoms with van der Waals surface area (Å²) < 4.78 is 27.8. The third-order valence-electron chi connectivity index (χ3n) is 6.29. The second kappa shape index (κ2) is 22.3. The minimum atomic E-state index is -4.43. The summed E-state index contributed by atoms with van der Waals surface area (Å²) in [6.07, 6.45) is 19.9. The largest absolute Gasteiger partial charge is 0.756 e. The molecule has 0 fully saturated rings. The number of carbonyl (C=O) groups is 1. The first kappa shape index (κ1) is 35.3. The zero-order valence-corrected chi connectivity index (χ0v) is 25.0. The summed E-state index contributed by atoms with van der Waals surface area (Å²) in [7, 11) is 2.89. The number of quaternary nitrogens is 1. The molecule has 1 amide bonds. The van der Waals surface area contributed by atoms with Crippen molar-refractivity contribution in [3.8, 4) is 0 Å². The van der Waals surface area contributed by atoms with Crippen LogP contribution in [-0.4, -0.2) is 64.6 Å². The first-order valence-corrected chi connectivity index (χ1v) is 15.8. The Morgan fingerprint density at radius 1 is 0.806 bits per heavy atom. The topological polar surface area (TPSA) is 96.9 Å². The van der Waals surface area contributed by atoms with Crippen LogP contribution in [0.3, 0.4) is 0 Å². The molecule has 9 heteroatoms. The molecule has 0 heterocycles. The molecule has 0 aliphatic rings. The quantitative estimate of drug-likeness (QED) is 0.0805. The molecule has 0 bridgehead atoms. The van der Waals surface area contributed by atoms with Crippen LogP contribution in [0.4, 0.5) is 4.79 Å². The molecule has 0 aromatic rings. The molecule has 2 atom stereocenters. The van der Waals surface area contributed by atoms with Gasteiger partial charge in [-0.15, -0.1) is 0 Å². The zero-order valence-electron chi connectivity index (χ0n) is 24.1. The van der Waals surface area contributed by atoms with Gasteiger partial charge in [-0.2, -0.15) is 0 Å². The summed E-state index contributed by atoms with van der Waals surface area (Å²) in [5, 5.41) is 2.40. The standard InChI is InChI=1S/C27H57N2O6P/c1-6-7-8-9-10-11-12-13-14-15-16-17-18-19-20-21-22-26(35-27(30)28-2)25-34-36(31,32)33-24-23-29(3,4)5/h26H,6-25H2,1-5H3,(H-,28,30,31,32). The van der Waals surface area contributed by atoms with Crippen molar-refractivity contribution in [3.63, 3.8) is 0 Å². The monoisotopic (exact) mass is 536 g/mol. The average Bonchev–Trinajstić information content (AvgIpc) is 2.81. The number of likely N-dealkylation sites (N-methyl/N-ethyl adjacent to an activating group) is 1. The fourth-order valence-corrected chi connectivity index (χ4v) is 4.67. The first-order chi connectivity index (χ1) is 17.1. The Kier molecular flexibility index (Phi) is 21.9. The van der Waals surface area contributed by atoms with E-state index in [0.29, 0.717) is 17.4 Å². The van der Waals surface area contributed by atoms with Gasteiger partial charge in [-0.1, -0.05) is 103 Å². The number of rotatable bonds is 25. The fourth-order valence-electron chi connectivity index (χ4n) is 3.94. The number of hydrogen-bond acceptors (Lipinski definition) is 6. The predicted octanol–water partition coefficient (Wildman–Crippen LogP) is 6.57. The van der Waals surface area contributed by atoms with Crippen LogP contribution in [0.5, 0.6) is 0 Å². The highest BCUT2D eigenvalue weighted by atomic mass is 31.2. The lowest BCUT2D eigenvalue weighted by atomic mass is 10.0. The van der Waals surface area contributed by atoms with Crippen LogP contribution in [0.15, 0.2) is 0 Å². The molecule has 36 heavy (non-hydrogen) atoms. The Bertz CT molecular complexity index is 571. The number of nitrogens with one attached hydrogen (secondary N) is 1. The van der Waals surface area contributed by atoms with Crippen LogP contribution in [-0.2, 0) is 18.3 Å². The van der Waals surface area contributed by atoms with E-state index < -0.39 is 20.0 Å². The molecule has 0 saturated heterocycles. The lowest BCUT2D eigenvalue weighted by molar-refractivity contribution is -0.870. The van der Waals surface area contributed by atoms with E-state index in [1.54, 1.807) is 0 Å². The summed E-state index contributed by atoms with van der Waals surface area (Å²) in [6.45, 7) is 2.62. The predicted molar refractivity (Wildman–Crippen MR) is 146 cm³/mol. The van der Waals surface area contributed by atoms with Gasteiger partial charge < -0.3 is 28.5 Å². The fraction of sp³-hybridized carbons (Fsp3) is 0.963. The summed E-state index contributed by atoms with van der Waals surface area (Å²) in [5.74, 6) is 0. The lowest BCUT2D eigenvalue weighted by Crippen LogP contribution is -2.37. The van der Waals surface area contributed by atoms with Gasteiger partial charge in [0.05, 0.1) is 27.7 Å². The van der Waals surface area contributed by atoms with Crippen LogP contribution in [0.1, 0.15) is 116 Å². The maximum atomic E-state index is 12.0. The number of amides is 1. The molecule has 216 valence electrons. The van der Waals surface area contributed by atoms with Crippen molar-refractivity contribution in [1.82, 2.24) is 5.32 Å². The van der Waals surface area contributed by atoms with Gasteiger partial charge in [0.1, 0.15) is 19.3 Å². The normalized spacial score (nSPS) is 14.4. The van der Waals surface area contributed by atoms with Crippen LogP contribution in [0.2, 0.25) is 0 Å². The Morgan fingerprint density at radius 2 is 1.25 bits per heavy atom. The van der Waals surface area contributed by atoms with Gasteiger partial charge in [0.25, 0.3) is 7.82 Å². The molecule has 0 aromatic carbocycles. The summed E-state index contributed by atoms with van der Waals surface area (Å²) in [6, 6.07) is 0. The Balaban J connectivity index is 3.88. The van der Waals surface area contributed by atoms with E-state index in [9.17, 15) is 14.3 Å². The molecule has 2 unspecified atom stereocenters. The number of unbranched alkanes of at least 4 members (excludes halogenated alkanes) is 15. The van der Waals surface area contributed by atoms with E-state index >= 15 is 0 Å². The molecular formula is C27H57N2O6P. The van der Waals surface area contributed by atoms with E-state index in [1.807, 2.05) is 21.1 Å². The third-order valence-corrected chi connectivity index (χ3v) is 7.25. The van der Waals surface area contributed by atoms with Gasteiger partial charge >= 0.3 is 6.09 Å². The molecule has 0 aliphatic heterocycles. The number of phosphoric ester groups is 1. The van der Waals surface area contributed by atoms with Crippen molar-refractivity contribution < 1.29 is 32.5 Å². The summed E-state index contributed by atoms with van der Waals surface area (Å²) in [4.78, 5) is 23.7. The van der Waals surface area contributed by atoms with Crippen molar-refractivity contribution in [2.24, 2.45) is 0 Å². The highest BCUT2D eigenvalue weighted by Crippen LogP contribution is 2.38. The summed E-state index contributed by atoms with van der Waals surface area (Å²) >= 11 is 0. The SMILES string of the molecule is CCCCCCCCCCCCCCCCCCC(COP(=O)([O-])OCC[N+](C)(C)C)OC(=O)NC. The highest BCUT2D eigenvalue weighted by Gasteiger charge is 2.19. The van der Waals surface area contributed by atoms with Gasteiger partial charge in [0, 0.05) is 7.05 Å². The van der Waals surface area contributed by atoms with Crippen molar-refractivity contribution in [1.29, 1.82) is 0 Å². The van der Waals surface area contributed by atoms with Gasteiger partial charge in [-0.25, -0.2) is 4.79 Å². The maximum absolute atomic E-state index is 12.0. The number of alkyl carbamates (subject to hydrolysis) is 1. The smallest absolute Gasteiger partial charge is 0.407 e. The summed E-state index contributed by atoms with van der Waals surface area (Å²) in [5.41, 5.74) is 0. The number of hydrogen-bond donors (Lipinski definition) is 1. The Hall–Kier alpha value is -0.660. The van der Waals surface area contributed by atoms with Crippen molar-refractivity contribution >= 4 is 13.9 Å². The lowest BCUT2D eigenvalue weighted by Gasteiger charge is -2.28. The Labute approximate surface area is 222 Å². The Morgan fingerprint density at radius 3 is 1.67 bits per heavy atom. The van der Waals surface area contributed by atoms with Crippen LogP contribution >= 0.6 is 7.82 Å². The van der Waals surface area contributed by atoms with E-state index in [-0.39, 0.29) is 13.2 Å². The van der Waals surface area contributed by atoms with Crippen LogP contribution < -0.4 is 10.2 Å². The molecule has 0 saturated carbocycles. The average molecular weight is 537 g/mol.